The van der Waals surface area contributed by atoms with Crippen LogP contribution in [0.25, 0.3) is 0 Å². The molecule has 0 aromatic heterocycles. The van der Waals surface area contributed by atoms with Crippen LogP contribution >= 0.6 is 12.2 Å². The SMILES string of the molecule is CCC(C#N)=C1CCN(c2ccc(N3C[C@H](CNC(C)=S)OC3=O)cc2F)CC1. The van der Waals surface area contributed by atoms with E-state index >= 15 is 0 Å². The molecule has 3 rings (SSSR count). The Morgan fingerprint density at radius 1 is 1.41 bits per heavy atom. The Morgan fingerprint density at radius 2 is 2.14 bits per heavy atom. The average Bonchev–Trinajstić information content (AvgIpc) is 3.08. The summed E-state index contributed by atoms with van der Waals surface area (Å²) >= 11 is 4.97. The normalized spacial score (nSPS) is 19.0. The van der Waals surface area contributed by atoms with Crippen LogP contribution in [0, 0.1) is 17.1 Å². The Balaban J connectivity index is 1.67. The lowest BCUT2D eigenvalue weighted by molar-refractivity contribution is 0.143. The first-order valence-corrected chi connectivity index (χ1v) is 10.2. The number of allylic oxidation sites excluding steroid dienone is 1. The Kier molecular flexibility index (Phi) is 6.70. The first-order chi connectivity index (χ1) is 13.9. The molecule has 2 heterocycles. The standard InChI is InChI=1S/C21H25FN4O2S/c1-3-15(11-23)16-6-8-25(9-7-16)20-5-4-17(10-19(20)22)26-13-18(28-21(26)27)12-24-14(2)29/h4-5,10,18H,3,6-9,12-13H2,1-2H3,(H,24,29)/t18-/m0/s1. The highest BCUT2D eigenvalue weighted by Gasteiger charge is 2.32. The van der Waals surface area contributed by atoms with Crippen molar-refractivity contribution in [3.8, 4) is 6.07 Å². The Labute approximate surface area is 175 Å². The van der Waals surface area contributed by atoms with Crippen molar-refractivity contribution in [3.05, 3.63) is 35.2 Å². The highest BCUT2D eigenvalue weighted by Crippen LogP contribution is 2.31. The predicted molar refractivity (Wildman–Crippen MR) is 115 cm³/mol. The van der Waals surface area contributed by atoms with Gasteiger partial charge in [-0.3, -0.25) is 4.90 Å². The first kappa shape index (κ1) is 21.1. The summed E-state index contributed by atoms with van der Waals surface area (Å²) in [5, 5.41) is 12.2. The van der Waals surface area contributed by atoms with Gasteiger partial charge in [-0.1, -0.05) is 24.7 Å². The van der Waals surface area contributed by atoms with Crippen molar-refractivity contribution < 1.29 is 13.9 Å². The van der Waals surface area contributed by atoms with E-state index in [0.717, 1.165) is 24.8 Å². The van der Waals surface area contributed by atoms with E-state index in [1.165, 1.54) is 16.5 Å². The van der Waals surface area contributed by atoms with Crippen LogP contribution in [0.3, 0.4) is 0 Å². The van der Waals surface area contributed by atoms with Crippen LogP contribution in [0.4, 0.5) is 20.6 Å². The molecule has 6 nitrogen and oxygen atoms in total. The second kappa shape index (κ2) is 9.23. The third kappa shape index (κ3) is 4.85. The number of rotatable bonds is 5. The van der Waals surface area contributed by atoms with Crippen molar-refractivity contribution in [3.63, 3.8) is 0 Å². The number of nitriles is 1. The molecule has 2 saturated heterocycles. The Bertz CT molecular complexity index is 870. The first-order valence-electron chi connectivity index (χ1n) is 9.81. The number of hydrogen-bond acceptors (Lipinski definition) is 5. The molecule has 154 valence electrons. The van der Waals surface area contributed by atoms with Crippen LogP contribution < -0.4 is 15.1 Å². The number of halogens is 1. The van der Waals surface area contributed by atoms with Gasteiger partial charge < -0.3 is 15.0 Å². The third-order valence-electron chi connectivity index (χ3n) is 5.32. The number of nitrogens with one attached hydrogen (secondary N) is 1. The summed E-state index contributed by atoms with van der Waals surface area (Å²) in [6.45, 7) is 5.88. The van der Waals surface area contributed by atoms with E-state index in [2.05, 4.69) is 11.4 Å². The van der Waals surface area contributed by atoms with Gasteiger partial charge in [-0.25, -0.2) is 9.18 Å². The van der Waals surface area contributed by atoms with Crippen LogP contribution in [0.15, 0.2) is 29.3 Å². The summed E-state index contributed by atoms with van der Waals surface area (Å²) in [7, 11) is 0. The topological polar surface area (TPSA) is 68.6 Å². The number of nitrogens with zero attached hydrogens (tertiary/aromatic N) is 3. The van der Waals surface area contributed by atoms with Crippen molar-refractivity contribution >= 4 is 34.7 Å². The fourth-order valence-electron chi connectivity index (χ4n) is 3.74. The lowest BCUT2D eigenvalue weighted by atomic mass is 9.96. The third-order valence-corrected chi connectivity index (χ3v) is 5.46. The highest BCUT2D eigenvalue weighted by atomic mass is 32.1. The summed E-state index contributed by atoms with van der Waals surface area (Å²) in [6, 6.07) is 7.12. The molecule has 1 aromatic rings. The molecule has 29 heavy (non-hydrogen) atoms. The van der Waals surface area contributed by atoms with E-state index < -0.39 is 6.09 Å². The van der Waals surface area contributed by atoms with E-state index in [-0.39, 0.29) is 11.9 Å². The minimum atomic E-state index is -0.484. The number of hydrogen-bond donors (Lipinski definition) is 1. The lowest BCUT2D eigenvalue weighted by Gasteiger charge is -2.31. The summed E-state index contributed by atoms with van der Waals surface area (Å²) in [5.74, 6) is -0.366. The number of carbonyl (C=O) groups excluding carboxylic acids is 1. The summed E-state index contributed by atoms with van der Waals surface area (Å²) in [5.41, 5.74) is 3.02. The van der Waals surface area contributed by atoms with Crippen molar-refractivity contribution in [2.24, 2.45) is 0 Å². The maximum Gasteiger partial charge on any atom is 0.414 e. The minimum absolute atomic E-state index is 0.330. The van der Waals surface area contributed by atoms with Crippen molar-refractivity contribution in [2.45, 2.75) is 39.2 Å². The zero-order valence-corrected chi connectivity index (χ0v) is 17.5. The molecule has 0 aliphatic carbocycles. The molecule has 1 N–H and O–H groups in total. The molecule has 0 bridgehead atoms. The lowest BCUT2D eigenvalue weighted by Crippen LogP contribution is -2.33. The fourth-order valence-corrected chi connectivity index (χ4v) is 3.83. The van der Waals surface area contributed by atoms with E-state index in [0.29, 0.717) is 42.5 Å². The molecule has 0 radical (unpaired) electrons. The molecule has 1 amide bonds. The maximum atomic E-state index is 14.8. The number of piperidine rings is 1. The van der Waals surface area contributed by atoms with Crippen molar-refractivity contribution in [1.29, 1.82) is 5.26 Å². The van der Waals surface area contributed by atoms with Gasteiger partial charge in [-0.2, -0.15) is 5.26 Å². The highest BCUT2D eigenvalue weighted by molar-refractivity contribution is 7.80. The van der Waals surface area contributed by atoms with Gasteiger partial charge in [0.1, 0.15) is 11.9 Å². The van der Waals surface area contributed by atoms with Gasteiger partial charge in [0.15, 0.2) is 0 Å². The Morgan fingerprint density at radius 3 is 2.72 bits per heavy atom. The van der Waals surface area contributed by atoms with Gasteiger partial charge in [-0.05, 0) is 44.4 Å². The number of anilines is 2. The number of amides is 1. The monoisotopic (exact) mass is 416 g/mol. The minimum Gasteiger partial charge on any atom is -0.442 e. The molecule has 0 unspecified atom stereocenters. The number of thiocarbonyl (C=S) groups is 1. The van der Waals surface area contributed by atoms with E-state index in [9.17, 15) is 14.4 Å². The van der Waals surface area contributed by atoms with Crippen LogP contribution in [-0.4, -0.2) is 43.4 Å². The molecule has 1 aromatic carbocycles. The van der Waals surface area contributed by atoms with Gasteiger partial charge in [0.2, 0.25) is 0 Å². The summed E-state index contributed by atoms with van der Waals surface area (Å²) in [6.07, 6.45) is 1.46. The second-order valence-electron chi connectivity index (χ2n) is 7.22. The molecular formula is C21H25FN4O2S. The number of benzene rings is 1. The molecular weight excluding hydrogens is 391 g/mol. The molecule has 2 fully saturated rings. The van der Waals surface area contributed by atoms with Gasteiger partial charge in [-0.15, -0.1) is 0 Å². The fraction of sp³-hybridized carbons (Fsp3) is 0.476. The smallest absolute Gasteiger partial charge is 0.414 e. The molecule has 2 aliphatic heterocycles. The van der Waals surface area contributed by atoms with Crippen LogP contribution in [0.2, 0.25) is 0 Å². The zero-order valence-electron chi connectivity index (χ0n) is 16.7. The van der Waals surface area contributed by atoms with Crippen LogP contribution in [0.5, 0.6) is 0 Å². The number of cyclic esters (lactones) is 1. The van der Waals surface area contributed by atoms with Gasteiger partial charge in [0.05, 0.1) is 35.5 Å². The predicted octanol–water partition coefficient (Wildman–Crippen LogP) is 3.92. The maximum absolute atomic E-state index is 14.8. The van der Waals surface area contributed by atoms with Crippen LogP contribution in [-0.2, 0) is 4.74 Å². The average molecular weight is 417 g/mol. The van der Waals surface area contributed by atoms with Crippen molar-refractivity contribution in [1.82, 2.24) is 5.32 Å². The van der Waals surface area contributed by atoms with E-state index in [4.69, 9.17) is 17.0 Å². The number of ether oxygens (including phenoxy) is 1. The number of carbonyl (C=O) groups is 1. The van der Waals surface area contributed by atoms with Crippen LogP contribution in [0.1, 0.15) is 33.1 Å². The Hall–Kier alpha value is -2.66. The van der Waals surface area contributed by atoms with E-state index in [1.807, 2.05) is 11.8 Å². The van der Waals surface area contributed by atoms with Gasteiger partial charge in [0, 0.05) is 18.7 Å². The quantitative estimate of drug-likeness (QED) is 0.580. The largest absolute Gasteiger partial charge is 0.442 e. The van der Waals surface area contributed by atoms with Gasteiger partial charge in [0.25, 0.3) is 0 Å². The summed E-state index contributed by atoms with van der Waals surface area (Å²) in [4.78, 5) is 16.2. The van der Waals surface area contributed by atoms with E-state index in [1.54, 1.807) is 19.1 Å². The second-order valence-corrected chi connectivity index (χ2v) is 7.84. The molecule has 2 aliphatic rings. The summed E-state index contributed by atoms with van der Waals surface area (Å²) < 4.78 is 20.2. The zero-order chi connectivity index (χ0) is 21.0. The van der Waals surface area contributed by atoms with Gasteiger partial charge >= 0.3 is 6.09 Å². The molecule has 0 spiro atoms. The van der Waals surface area contributed by atoms with Crippen molar-refractivity contribution in [2.75, 3.05) is 36.0 Å². The molecule has 8 heteroatoms. The molecule has 0 saturated carbocycles. The molecule has 1 atom stereocenters.